The van der Waals surface area contributed by atoms with Crippen LogP contribution in [0.3, 0.4) is 0 Å². The number of aromatic nitrogens is 3. The molecule has 0 amide bonds. The fraction of sp³-hybridized carbons (Fsp3) is 0. The minimum Gasteiger partial charge on any atom is -0.353 e. The van der Waals surface area contributed by atoms with Gasteiger partial charge in [-0.05, 0) is 35.9 Å². The summed E-state index contributed by atoms with van der Waals surface area (Å²) in [4.78, 5) is 4.60. The fourth-order valence-electron chi connectivity index (χ4n) is 5.25. The molecule has 0 fully saturated rings. The third kappa shape index (κ3) is 4.32. The smallest absolute Gasteiger partial charge is 0.101 e. The van der Waals surface area contributed by atoms with Crippen molar-refractivity contribution in [3.8, 4) is 39.3 Å². The van der Waals surface area contributed by atoms with E-state index < -0.39 is 0 Å². The number of anilines is 2. The Balaban J connectivity index is 1.43. The van der Waals surface area contributed by atoms with Gasteiger partial charge < -0.3 is 5.32 Å². The van der Waals surface area contributed by atoms with E-state index in [4.69, 9.17) is 5.10 Å². The molecule has 0 aliphatic heterocycles. The van der Waals surface area contributed by atoms with E-state index in [0.29, 0.717) is 0 Å². The maximum atomic E-state index is 5.28. The number of nitrogens with one attached hydrogen (secondary N) is 1. The van der Waals surface area contributed by atoms with Gasteiger partial charge in [-0.15, -0.1) is 0 Å². The van der Waals surface area contributed by atoms with Gasteiger partial charge in [0.2, 0.25) is 0 Å². The minimum atomic E-state index is 0.922. The van der Waals surface area contributed by atoms with E-state index in [2.05, 4.69) is 118 Å². The van der Waals surface area contributed by atoms with Gasteiger partial charge in [-0.1, -0.05) is 115 Å². The van der Waals surface area contributed by atoms with Crippen LogP contribution in [0.15, 0.2) is 152 Å². The van der Waals surface area contributed by atoms with Gasteiger partial charge in [0.25, 0.3) is 0 Å². The summed E-state index contributed by atoms with van der Waals surface area (Å²) in [6.07, 6.45) is 1.83. The van der Waals surface area contributed by atoms with Crippen LogP contribution in [0.4, 0.5) is 11.4 Å². The van der Waals surface area contributed by atoms with E-state index in [1.165, 1.54) is 0 Å². The largest absolute Gasteiger partial charge is 0.353 e. The average molecular weight is 515 g/mol. The molecule has 4 heteroatoms. The zero-order chi connectivity index (χ0) is 26.7. The molecule has 0 saturated carbocycles. The molecule has 0 bridgehead atoms. The maximum Gasteiger partial charge on any atom is 0.101 e. The molecule has 2 aromatic heterocycles. The van der Waals surface area contributed by atoms with E-state index in [9.17, 15) is 0 Å². The Morgan fingerprint density at radius 2 is 1.15 bits per heavy atom. The van der Waals surface area contributed by atoms with Crippen LogP contribution in [0.2, 0.25) is 0 Å². The molecule has 190 valence electrons. The second-order valence-electron chi connectivity index (χ2n) is 9.60. The topological polar surface area (TPSA) is 42.7 Å². The zero-order valence-corrected chi connectivity index (χ0v) is 21.8. The Bertz CT molecular complexity index is 1910. The summed E-state index contributed by atoms with van der Waals surface area (Å²) in [5.74, 6) is 0. The Hall–Kier alpha value is -5.48. The summed E-state index contributed by atoms with van der Waals surface area (Å²) >= 11 is 0. The third-order valence-electron chi connectivity index (χ3n) is 7.10. The van der Waals surface area contributed by atoms with Crippen LogP contribution < -0.4 is 5.32 Å². The Morgan fingerprint density at radius 3 is 1.93 bits per heavy atom. The molecule has 1 N–H and O–H groups in total. The first-order chi connectivity index (χ1) is 19.9. The van der Waals surface area contributed by atoms with Gasteiger partial charge in [0, 0.05) is 34.0 Å². The molecule has 0 radical (unpaired) electrons. The summed E-state index contributed by atoms with van der Waals surface area (Å²) in [5.41, 5.74) is 10.3. The van der Waals surface area contributed by atoms with Crippen molar-refractivity contribution in [1.29, 1.82) is 0 Å². The first-order valence-electron chi connectivity index (χ1n) is 13.4. The van der Waals surface area contributed by atoms with Gasteiger partial charge in [0.15, 0.2) is 0 Å². The van der Waals surface area contributed by atoms with E-state index in [1.807, 2.05) is 48.7 Å². The Kier molecular flexibility index (Phi) is 6.11. The number of para-hydroxylation sites is 3. The Labute approximate surface area is 233 Å². The predicted molar refractivity (Wildman–Crippen MR) is 165 cm³/mol. The lowest BCUT2D eigenvalue weighted by Crippen LogP contribution is -2.04. The molecule has 0 aliphatic rings. The maximum absolute atomic E-state index is 5.28. The van der Waals surface area contributed by atoms with Crippen LogP contribution in [0.5, 0.6) is 0 Å². The average Bonchev–Trinajstić information content (AvgIpc) is 3.42. The number of rotatable bonds is 6. The van der Waals surface area contributed by atoms with Gasteiger partial charge in [-0.25, -0.2) is 4.68 Å². The van der Waals surface area contributed by atoms with Crippen molar-refractivity contribution in [2.75, 3.05) is 5.32 Å². The number of fused-ring (bicyclic) bond motifs is 1. The molecule has 7 aromatic rings. The molecular weight excluding hydrogens is 488 g/mol. The van der Waals surface area contributed by atoms with E-state index >= 15 is 0 Å². The summed E-state index contributed by atoms with van der Waals surface area (Å²) in [6.45, 7) is 0. The number of pyridine rings is 1. The van der Waals surface area contributed by atoms with Crippen LogP contribution in [-0.2, 0) is 0 Å². The lowest BCUT2D eigenvalue weighted by atomic mass is 10.0. The van der Waals surface area contributed by atoms with E-state index in [0.717, 1.165) is 61.6 Å². The van der Waals surface area contributed by atoms with Crippen LogP contribution in [0.1, 0.15) is 0 Å². The lowest BCUT2D eigenvalue weighted by Gasteiger charge is -2.17. The van der Waals surface area contributed by atoms with Gasteiger partial charge in [-0.3, -0.25) is 4.98 Å². The normalized spacial score (nSPS) is 11.0. The number of hydrogen-bond donors (Lipinski definition) is 1. The second kappa shape index (κ2) is 10.4. The van der Waals surface area contributed by atoms with Gasteiger partial charge in [0.1, 0.15) is 5.52 Å². The van der Waals surface area contributed by atoms with Gasteiger partial charge >= 0.3 is 0 Å². The molecule has 5 aromatic carbocycles. The highest BCUT2D eigenvalue weighted by molar-refractivity contribution is 6.02. The van der Waals surface area contributed by atoms with Crippen molar-refractivity contribution in [3.05, 3.63) is 152 Å². The summed E-state index contributed by atoms with van der Waals surface area (Å²) in [7, 11) is 0. The highest BCUT2D eigenvalue weighted by Crippen LogP contribution is 2.38. The van der Waals surface area contributed by atoms with E-state index in [-0.39, 0.29) is 0 Å². The molecular formula is C36H26N4. The first kappa shape index (κ1) is 23.6. The van der Waals surface area contributed by atoms with Crippen molar-refractivity contribution >= 4 is 22.3 Å². The van der Waals surface area contributed by atoms with Crippen LogP contribution in [-0.4, -0.2) is 14.8 Å². The quantitative estimate of drug-likeness (QED) is 0.241. The zero-order valence-electron chi connectivity index (χ0n) is 21.8. The van der Waals surface area contributed by atoms with Crippen LogP contribution >= 0.6 is 0 Å². The lowest BCUT2D eigenvalue weighted by molar-refractivity contribution is 0.906. The fourth-order valence-corrected chi connectivity index (χ4v) is 5.25. The molecule has 4 nitrogen and oxygen atoms in total. The second-order valence-corrected chi connectivity index (χ2v) is 9.60. The van der Waals surface area contributed by atoms with Crippen molar-refractivity contribution in [1.82, 2.24) is 14.8 Å². The van der Waals surface area contributed by atoms with Crippen molar-refractivity contribution in [2.45, 2.75) is 0 Å². The first-order valence-corrected chi connectivity index (χ1v) is 13.4. The standard InChI is InChI=1S/C36H26N4/c1-3-14-26(15-4-1)28-19-13-20-30-35(28)39-40(36(30)27-16-5-2-6-17-27)34-24-10-9-23-33(34)38-32-22-8-7-18-29(32)31-21-11-12-25-37-31/h1-25,38H. The van der Waals surface area contributed by atoms with Gasteiger partial charge in [-0.2, -0.15) is 5.10 Å². The molecule has 2 heterocycles. The highest BCUT2D eigenvalue weighted by Gasteiger charge is 2.19. The number of benzene rings is 5. The van der Waals surface area contributed by atoms with Crippen LogP contribution in [0, 0.1) is 0 Å². The van der Waals surface area contributed by atoms with Gasteiger partial charge in [0.05, 0.1) is 22.8 Å². The molecule has 0 atom stereocenters. The third-order valence-corrected chi connectivity index (χ3v) is 7.10. The number of nitrogens with zero attached hydrogens (tertiary/aromatic N) is 3. The van der Waals surface area contributed by atoms with Crippen molar-refractivity contribution < 1.29 is 0 Å². The summed E-state index contributed by atoms with van der Waals surface area (Å²) in [5, 5.41) is 10.1. The monoisotopic (exact) mass is 514 g/mol. The highest BCUT2D eigenvalue weighted by atomic mass is 15.3. The molecule has 7 rings (SSSR count). The predicted octanol–water partition coefficient (Wildman–Crippen LogP) is 9.17. The summed E-state index contributed by atoms with van der Waals surface area (Å²) < 4.78 is 2.08. The van der Waals surface area contributed by atoms with E-state index in [1.54, 1.807) is 0 Å². The Morgan fingerprint density at radius 1 is 0.500 bits per heavy atom. The van der Waals surface area contributed by atoms with Crippen molar-refractivity contribution in [2.24, 2.45) is 0 Å². The molecule has 0 unspecified atom stereocenters. The molecule has 0 saturated heterocycles. The molecule has 0 spiro atoms. The summed E-state index contributed by atoms with van der Waals surface area (Å²) in [6, 6.07) is 50.0. The SMILES string of the molecule is c1ccc(-c2cccc3c(-c4ccccc4)n(-c4ccccc4Nc4ccccc4-c4ccccn4)nc23)cc1. The molecule has 40 heavy (non-hydrogen) atoms. The molecule has 0 aliphatic carbocycles. The minimum absolute atomic E-state index is 0.922. The van der Waals surface area contributed by atoms with Crippen LogP contribution in [0.25, 0.3) is 50.2 Å². The van der Waals surface area contributed by atoms with Crippen molar-refractivity contribution in [3.63, 3.8) is 0 Å². The number of hydrogen-bond acceptors (Lipinski definition) is 3.